The highest BCUT2D eigenvalue weighted by atomic mass is 35.5. The van der Waals surface area contributed by atoms with Crippen molar-refractivity contribution in [3.63, 3.8) is 0 Å². The lowest BCUT2D eigenvalue weighted by molar-refractivity contribution is 0.594. The van der Waals surface area contributed by atoms with Gasteiger partial charge in [-0.15, -0.1) is 0 Å². The first-order valence-corrected chi connectivity index (χ1v) is 9.65. The Labute approximate surface area is 142 Å². The van der Waals surface area contributed by atoms with Crippen LogP contribution in [-0.4, -0.2) is 29.9 Å². The van der Waals surface area contributed by atoms with E-state index in [-0.39, 0.29) is 16.8 Å². The van der Waals surface area contributed by atoms with Crippen LogP contribution in [0.1, 0.15) is 24.5 Å². The van der Waals surface area contributed by atoms with E-state index in [0.717, 1.165) is 16.8 Å². The van der Waals surface area contributed by atoms with Gasteiger partial charge in [-0.25, -0.2) is 18.4 Å². The maximum Gasteiger partial charge on any atom is 0.224 e. The molecule has 0 atom stereocenters. The highest BCUT2D eigenvalue weighted by Crippen LogP contribution is 2.20. The lowest BCUT2D eigenvalue weighted by atomic mass is 10.1. The zero-order valence-corrected chi connectivity index (χ0v) is 14.8. The van der Waals surface area contributed by atoms with E-state index in [0.29, 0.717) is 18.7 Å². The minimum Gasteiger partial charge on any atom is -0.340 e. The molecule has 23 heavy (non-hydrogen) atoms. The lowest BCUT2D eigenvalue weighted by Crippen LogP contribution is -2.12. The van der Waals surface area contributed by atoms with Crippen LogP contribution >= 0.6 is 11.6 Å². The molecule has 0 radical (unpaired) electrons. The molecule has 124 valence electrons. The van der Waals surface area contributed by atoms with E-state index in [1.807, 2.05) is 38.1 Å². The van der Waals surface area contributed by atoms with Gasteiger partial charge in [-0.3, -0.25) is 0 Å². The van der Waals surface area contributed by atoms with E-state index < -0.39 is 9.84 Å². The molecule has 0 saturated heterocycles. The highest BCUT2D eigenvalue weighted by molar-refractivity contribution is 7.91. The molecule has 0 unspecified atom stereocenters. The fraction of sp³-hybridized carbons (Fsp3) is 0.375. The van der Waals surface area contributed by atoms with Gasteiger partial charge < -0.3 is 5.32 Å². The van der Waals surface area contributed by atoms with E-state index in [1.165, 1.54) is 0 Å². The monoisotopic (exact) mass is 353 g/mol. The Kier molecular flexibility index (Phi) is 5.96. The summed E-state index contributed by atoms with van der Waals surface area (Å²) < 4.78 is 23.6. The predicted molar refractivity (Wildman–Crippen MR) is 94.2 cm³/mol. The third-order valence-corrected chi connectivity index (χ3v) is 5.39. The summed E-state index contributed by atoms with van der Waals surface area (Å²) in [5.74, 6) is 1.05. The van der Waals surface area contributed by atoms with Crippen LogP contribution < -0.4 is 5.32 Å². The number of anilines is 2. The van der Waals surface area contributed by atoms with Gasteiger partial charge in [-0.2, -0.15) is 0 Å². The second-order valence-electron chi connectivity index (χ2n) is 5.40. The van der Waals surface area contributed by atoms with Gasteiger partial charge >= 0.3 is 0 Å². The van der Waals surface area contributed by atoms with Crippen LogP contribution in [0.2, 0.25) is 5.28 Å². The summed E-state index contributed by atoms with van der Waals surface area (Å²) in [6.45, 7) is 3.76. The van der Waals surface area contributed by atoms with Crippen molar-refractivity contribution in [3.05, 3.63) is 46.9 Å². The van der Waals surface area contributed by atoms with Crippen LogP contribution in [-0.2, 0) is 16.3 Å². The number of rotatable bonds is 7. The first-order chi connectivity index (χ1) is 10.9. The molecule has 5 nitrogen and oxygen atoms in total. The van der Waals surface area contributed by atoms with Gasteiger partial charge in [0, 0.05) is 23.2 Å². The number of halogens is 1. The Bertz CT molecular complexity index is 779. The third kappa shape index (κ3) is 5.48. The van der Waals surface area contributed by atoms with Crippen molar-refractivity contribution >= 4 is 32.9 Å². The first-order valence-electron chi connectivity index (χ1n) is 7.45. The molecule has 0 aliphatic carbocycles. The van der Waals surface area contributed by atoms with Gasteiger partial charge in [0.15, 0.2) is 9.84 Å². The SMILES string of the molecule is CCCS(=O)(=O)CCc1cccc(Nc2nc(Cl)ncc2C)c1. The highest BCUT2D eigenvalue weighted by Gasteiger charge is 2.10. The normalized spacial score (nSPS) is 11.4. The Morgan fingerprint density at radius 3 is 2.78 bits per heavy atom. The summed E-state index contributed by atoms with van der Waals surface area (Å²) in [7, 11) is -2.97. The van der Waals surface area contributed by atoms with Crippen LogP contribution in [0.15, 0.2) is 30.5 Å². The average Bonchev–Trinajstić information content (AvgIpc) is 2.49. The summed E-state index contributed by atoms with van der Waals surface area (Å²) in [6.07, 6.45) is 2.80. The molecule has 1 aromatic carbocycles. The number of benzene rings is 1. The van der Waals surface area contributed by atoms with E-state index in [2.05, 4.69) is 15.3 Å². The van der Waals surface area contributed by atoms with Crippen molar-refractivity contribution in [2.75, 3.05) is 16.8 Å². The molecular formula is C16H20ClN3O2S. The molecule has 0 bridgehead atoms. The molecule has 0 saturated carbocycles. The fourth-order valence-corrected chi connectivity index (χ4v) is 3.68. The average molecular weight is 354 g/mol. The topological polar surface area (TPSA) is 72.0 Å². The summed E-state index contributed by atoms with van der Waals surface area (Å²) in [5.41, 5.74) is 2.69. The first kappa shape index (κ1) is 17.7. The number of nitrogens with one attached hydrogen (secondary N) is 1. The minimum absolute atomic E-state index is 0.169. The largest absolute Gasteiger partial charge is 0.340 e. The molecule has 0 aliphatic heterocycles. The van der Waals surface area contributed by atoms with Gasteiger partial charge in [0.05, 0.1) is 5.75 Å². The minimum atomic E-state index is -2.97. The Morgan fingerprint density at radius 2 is 2.04 bits per heavy atom. The standard InChI is InChI=1S/C16H20ClN3O2S/c1-3-8-23(21,22)9-7-13-5-4-6-14(10-13)19-15-12(2)11-18-16(17)20-15/h4-6,10-11H,3,7-9H2,1-2H3,(H,18,19,20). The maximum absolute atomic E-state index is 11.8. The van der Waals surface area contributed by atoms with Crippen LogP contribution in [0, 0.1) is 6.92 Å². The van der Waals surface area contributed by atoms with Gasteiger partial charge in [0.2, 0.25) is 5.28 Å². The molecule has 0 fully saturated rings. The Balaban J connectivity index is 2.09. The third-order valence-electron chi connectivity index (χ3n) is 3.35. The smallest absolute Gasteiger partial charge is 0.224 e. The number of hydrogen-bond acceptors (Lipinski definition) is 5. The van der Waals surface area contributed by atoms with Crippen LogP contribution in [0.4, 0.5) is 11.5 Å². The molecule has 0 aliphatic rings. The van der Waals surface area contributed by atoms with E-state index in [4.69, 9.17) is 11.6 Å². The van der Waals surface area contributed by atoms with Crippen molar-refractivity contribution in [3.8, 4) is 0 Å². The van der Waals surface area contributed by atoms with E-state index >= 15 is 0 Å². The molecular weight excluding hydrogens is 334 g/mol. The van der Waals surface area contributed by atoms with E-state index in [9.17, 15) is 8.42 Å². The Hall–Kier alpha value is -1.66. The van der Waals surface area contributed by atoms with Crippen molar-refractivity contribution in [2.45, 2.75) is 26.7 Å². The molecule has 0 amide bonds. The summed E-state index contributed by atoms with van der Waals surface area (Å²) in [5, 5.41) is 3.37. The summed E-state index contributed by atoms with van der Waals surface area (Å²) in [6, 6.07) is 7.64. The maximum atomic E-state index is 11.8. The van der Waals surface area contributed by atoms with Crippen LogP contribution in [0.5, 0.6) is 0 Å². The second-order valence-corrected chi connectivity index (χ2v) is 8.04. The van der Waals surface area contributed by atoms with Crippen molar-refractivity contribution in [1.82, 2.24) is 9.97 Å². The fourth-order valence-electron chi connectivity index (χ4n) is 2.17. The zero-order valence-electron chi connectivity index (χ0n) is 13.2. The summed E-state index contributed by atoms with van der Waals surface area (Å²) >= 11 is 5.82. The van der Waals surface area contributed by atoms with Gasteiger partial charge in [-0.1, -0.05) is 19.1 Å². The van der Waals surface area contributed by atoms with Gasteiger partial charge in [-0.05, 0) is 49.1 Å². The number of aromatic nitrogens is 2. The van der Waals surface area contributed by atoms with Crippen molar-refractivity contribution in [1.29, 1.82) is 0 Å². The zero-order chi connectivity index (χ0) is 16.9. The predicted octanol–water partition coefficient (Wildman–Crippen LogP) is 3.55. The van der Waals surface area contributed by atoms with Gasteiger partial charge in [0.25, 0.3) is 0 Å². The molecule has 2 aromatic rings. The molecule has 1 N–H and O–H groups in total. The van der Waals surface area contributed by atoms with Crippen LogP contribution in [0.3, 0.4) is 0 Å². The van der Waals surface area contributed by atoms with Gasteiger partial charge in [0.1, 0.15) is 5.82 Å². The quantitative estimate of drug-likeness (QED) is 0.770. The lowest BCUT2D eigenvalue weighted by Gasteiger charge is -2.10. The molecule has 1 heterocycles. The molecule has 0 spiro atoms. The molecule has 1 aromatic heterocycles. The van der Waals surface area contributed by atoms with Crippen LogP contribution in [0.25, 0.3) is 0 Å². The number of hydrogen-bond donors (Lipinski definition) is 1. The number of aryl methyl sites for hydroxylation is 2. The molecule has 2 rings (SSSR count). The van der Waals surface area contributed by atoms with E-state index in [1.54, 1.807) is 6.20 Å². The van der Waals surface area contributed by atoms with Crippen molar-refractivity contribution < 1.29 is 8.42 Å². The number of nitrogens with zero attached hydrogens (tertiary/aromatic N) is 2. The van der Waals surface area contributed by atoms with Crippen molar-refractivity contribution in [2.24, 2.45) is 0 Å². The second kappa shape index (κ2) is 7.75. The Morgan fingerprint density at radius 1 is 1.26 bits per heavy atom. The number of sulfone groups is 1. The molecule has 7 heteroatoms. The summed E-state index contributed by atoms with van der Waals surface area (Å²) in [4.78, 5) is 8.07.